The molecule has 1 fully saturated rings. The van der Waals surface area contributed by atoms with Crippen molar-refractivity contribution in [1.29, 1.82) is 0 Å². The topological polar surface area (TPSA) is 40.6 Å². The van der Waals surface area contributed by atoms with Crippen LogP contribution in [0.1, 0.15) is 21.4 Å². The fraction of sp³-hybridized carbons (Fsp3) is 0.375. The van der Waals surface area contributed by atoms with Crippen molar-refractivity contribution in [2.24, 2.45) is 0 Å². The van der Waals surface area contributed by atoms with Crippen LogP contribution in [-0.2, 0) is 11.2 Å². The standard InChI is InChI=1S/C16H16N2O2S3/c19-14(10-17-6-9-23-16(17)20)18-5-3-12-11(4-8-22-12)15(18)13-2-1-7-21-13/h1-2,4,7-8,15H,3,5-6,9-10H2. The van der Waals surface area contributed by atoms with Crippen molar-refractivity contribution in [3.05, 3.63) is 44.3 Å². The average Bonchev–Trinajstić information content (AvgIpc) is 3.28. The quantitative estimate of drug-likeness (QED) is 0.837. The molecule has 4 rings (SSSR count). The van der Waals surface area contributed by atoms with E-state index in [4.69, 9.17) is 0 Å². The van der Waals surface area contributed by atoms with Gasteiger partial charge >= 0.3 is 0 Å². The van der Waals surface area contributed by atoms with E-state index in [1.54, 1.807) is 27.6 Å². The van der Waals surface area contributed by atoms with Crippen LogP contribution in [0.4, 0.5) is 4.79 Å². The molecule has 4 heterocycles. The minimum absolute atomic E-state index is 0.00265. The van der Waals surface area contributed by atoms with Crippen LogP contribution in [0.2, 0.25) is 0 Å². The molecule has 1 atom stereocenters. The Kier molecular flexibility index (Phi) is 4.17. The molecular weight excluding hydrogens is 348 g/mol. The van der Waals surface area contributed by atoms with E-state index in [9.17, 15) is 9.59 Å². The van der Waals surface area contributed by atoms with Crippen LogP contribution < -0.4 is 0 Å². The molecule has 2 amide bonds. The molecule has 4 nitrogen and oxygen atoms in total. The summed E-state index contributed by atoms with van der Waals surface area (Å²) in [5.41, 5.74) is 1.25. The summed E-state index contributed by atoms with van der Waals surface area (Å²) in [6.45, 7) is 1.60. The summed E-state index contributed by atoms with van der Waals surface area (Å²) in [6, 6.07) is 6.27. The van der Waals surface area contributed by atoms with E-state index < -0.39 is 0 Å². The Hall–Kier alpha value is -1.31. The highest BCUT2D eigenvalue weighted by Gasteiger charge is 2.35. The Morgan fingerprint density at radius 3 is 2.87 bits per heavy atom. The molecule has 7 heteroatoms. The predicted octanol–water partition coefficient (Wildman–Crippen LogP) is 3.45. The van der Waals surface area contributed by atoms with Gasteiger partial charge in [0.15, 0.2) is 0 Å². The highest BCUT2D eigenvalue weighted by molar-refractivity contribution is 8.13. The van der Waals surface area contributed by atoms with Gasteiger partial charge in [-0.15, -0.1) is 22.7 Å². The summed E-state index contributed by atoms with van der Waals surface area (Å²) in [5, 5.41) is 4.19. The molecule has 0 aromatic carbocycles. The third kappa shape index (κ3) is 2.81. The van der Waals surface area contributed by atoms with Gasteiger partial charge in [0.1, 0.15) is 6.54 Å². The minimum atomic E-state index is 0.00265. The van der Waals surface area contributed by atoms with Gasteiger partial charge in [-0.25, -0.2) is 0 Å². The maximum absolute atomic E-state index is 12.9. The summed E-state index contributed by atoms with van der Waals surface area (Å²) in [5.74, 6) is 0.839. The van der Waals surface area contributed by atoms with Gasteiger partial charge in [-0.1, -0.05) is 17.8 Å². The number of rotatable bonds is 3. The molecule has 0 bridgehead atoms. The maximum atomic E-state index is 12.9. The van der Waals surface area contributed by atoms with Crippen molar-refractivity contribution in [1.82, 2.24) is 9.80 Å². The number of thiophene rings is 2. The van der Waals surface area contributed by atoms with E-state index in [0.29, 0.717) is 6.54 Å². The van der Waals surface area contributed by atoms with Crippen LogP contribution in [0, 0.1) is 0 Å². The van der Waals surface area contributed by atoms with E-state index in [1.165, 1.54) is 27.1 Å². The number of carbonyl (C=O) groups excluding carboxylic acids is 2. The van der Waals surface area contributed by atoms with Gasteiger partial charge in [-0.3, -0.25) is 9.59 Å². The van der Waals surface area contributed by atoms with Crippen LogP contribution in [-0.4, -0.2) is 46.3 Å². The van der Waals surface area contributed by atoms with Crippen molar-refractivity contribution >= 4 is 45.6 Å². The summed E-state index contributed by atoms with van der Waals surface area (Å²) in [7, 11) is 0. The second-order valence-corrected chi connectivity index (χ2v) is 8.62. The largest absolute Gasteiger partial charge is 0.329 e. The lowest BCUT2D eigenvalue weighted by Gasteiger charge is -2.36. The lowest BCUT2D eigenvalue weighted by atomic mass is 9.98. The van der Waals surface area contributed by atoms with Crippen LogP contribution in [0.5, 0.6) is 0 Å². The Morgan fingerprint density at radius 2 is 2.13 bits per heavy atom. The van der Waals surface area contributed by atoms with Gasteiger partial charge in [-0.05, 0) is 34.9 Å². The number of thioether (sulfide) groups is 1. The fourth-order valence-electron chi connectivity index (χ4n) is 3.16. The van der Waals surface area contributed by atoms with Crippen LogP contribution >= 0.6 is 34.4 Å². The molecule has 1 saturated heterocycles. The molecule has 2 aromatic heterocycles. The highest BCUT2D eigenvalue weighted by Crippen LogP contribution is 2.39. The normalized spacial score (nSPS) is 20.9. The molecule has 23 heavy (non-hydrogen) atoms. The summed E-state index contributed by atoms with van der Waals surface area (Å²) in [6.07, 6.45) is 0.906. The van der Waals surface area contributed by atoms with Crippen LogP contribution in [0.3, 0.4) is 0 Å². The highest BCUT2D eigenvalue weighted by atomic mass is 32.2. The zero-order valence-electron chi connectivity index (χ0n) is 12.4. The van der Waals surface area contributed by atoms with Crippen molar-refractivity contribution in [2.75, 3.05) is 25.4 Å². The van der Waals surface area contributed by atoms with Crippen molar-refractivity contribution < 1.29 is 9.59 Å². The first-order chi connectivity index (χ1) is 11.2. The van der Waals surface area contributed by atoms with E-state index in [2.05, 4.69) is 22.9 Å². The molecule has 120 valence electrons. The number of carbonyl (C=O) groups is 2. The Morgan fingerprint density at radius 1 is 1.22 bits per heavy atom. The lowest BCUT2D eigenvalue weighted by molar-refractivity contribution is -0.133. The monoisotopic (exact) mass is 364 g/mol. The Bertz CT molecular complexity index is 726. The molecule has 0 saturated carbocycles. The van der Waals surface area contributed by atoms with E-state index in [1.807, 2.05) is 11.0 Å². The van der Waals surface area contributed by atoms with Gasteiger partial charge in [0.2, 0.25) is 5.91 Å². The number of fused-ring (bicyclic) bond motifs is 1. The number of hydrogen-bond acceptors (Lipinski definition) is 5. The number of amides is 2. The van der Waals surface area contributed by atoms with Crippen molar-refractivity contribution in [3.8, 4) is 0 Å². The molecule has 1 unspecified atom stereocenters. The number of hydrogen-bond donors (Lipinski definition) is 0. The van der Waals surface area contributed by atoms with Gasteiger partial charge in [0, 0.05) is 28.6 Å². The van der Waals surface area contributed by atoms with E-state index in [-0.39, 0.29) is 23.7 Å². The fourth-order valence-corrected chi connectivity index (χ4v) is 5.75. The molecule has 2 aromatic rings. The molecule has 2 aliphatic heterocycles. The second kappa shape index (κ2) is 6.30. The van der Waals surface area contributed by atoms with Gasteiger partial charge in [0.05, 0.1) is 6.04 Å². The Balaban J connectivity index is 1.61. The zero-order chi connectivity index (χ0) is 15.8. The minimum Gasteiger partial charge on any atom is -0.329 e. The summed E-state index contributed by atoms with van der Waals surface area (Å²) in [4.78, 5) is 30.8. The molecule has 0 N–H and O–H groups in total. The summed E-state index contributed by atoms with van der Waals surface area (Å²) < 4.78 is 0. The zero-order valence-corrected chi connectivity index (χ0v) is 14.9. The first-order valence-corrected chi connectivity index (χ1v) is 10.3. The molecular formula is C16H16N2O2S3. The first-order valence-electron chi connectivity index (χ1n) is 7.55. The molecule has 0 spiro atoms. The SMILES string of the molecule is O=C1SCCN1CC(=O)N1CCc2sccc2C1c1cccs1. The van der Waals surface area contributed by atoms with Crippen molar-refractivity contribution in [2.45, 2.75) is 12.5 Å². The lowest BCUT2D eigenvalue weighted by Crippen LogP contribution is -2.45. The Labute approximate surface area is 147 Å². The van der Waals surface area contributed by atoms with E-state index in [0.717, 1.165) is 18.7 Å². The first kappa shape index (κ1) is 15.2. The molecule has 2 aliphatic rings. The van der Waals surface area contributed by atoms with Gasteiger partial charge in [-0.2, -0.15) is 0 Å². The van der Waals surface area contributed by atoms with Gasteiger partial charge < -0.3 is 9.80 Å². The third-order valence-corrected chi connectivity index (χ3v) is 7.08. The summed E-state index contributed by atoms with van der Waals surface area (Å²) >= 11 is 4.76. The van der Waals surface area contributed by atoms with E-state index >= 15 is 0 Å². The molecule has 0 radical (unpaired) electrons. The average molecular weight is 365 g/mol. The maximum Gasteiger partial charge on any atom is 0.282 e. The molecule has 0 aliphatic carbocycles. The number of nitrogens with zero attached hydrogens (tertiary/aromatic N) is 2. The predicted molar refractivity (Wildman–Crippen MR) is 95.3 cm³/mol. The van der Waals surface area contributed by atoms with Crippen LogP contribution in [0.25, 0.3) is 0 Å². The smallest absolute Gasteiger partial charge is 0.282 e. The third-order valence-electron chi connectivity index (χ3n) is 4.27. The van der Waals surface area contributed by atoms with Crippen molar-refractivity contribution in [3.63, 3.8) is 0 Å². The van der Waals surface area contributed by atoms with Gasteiger partial charge in [0.25, 0.3) is 5.24 Å². The second-order valence-electron chi connectivity index (χ2n) is 5.59. The van der Waals surface area contributed by atoms with Crippen LogP contribution in [0.15, 0.2) is 29.0 Å².